The molecule has 1 aromatic carbocycles. The molecule has 0 fully saturated rings. The maximum absolute atomic E-state index is 12.1. The normalized spacial score (nSPS) is 15.8. The molecule has 0 radical (unpaired) electrons. The molecule has 0 saturated carbocycles. The highest BCUT2D eigenvalue weighted by Gasteiger charge is 2.22. The van der Waals surface area contributed by atoms with Gasteiger partial charge in [-0.05, 0) is 23.1 Å². The van der Waals surface area contributed by atoms with Gasteiger partial charge in [-0.25, -0.2) is 4.98 Å². The van der Waals surface area contributed by atoms with Crippen molar-refractivity contribution in [3.05, 3.63) is 57.7 Å². The van der Waals surface area contributed by atoms with Crippen LogP contribution in [0, 0.1) is 0 Å². The third kappa shape index (κ3) is 3.34. The Morgan fingerprint density at radius 3 is 3.04 bits per heavy atom. The molecule has 1 N–H and O–H groups in total. The van der Waals surface area contributed by atoms with E-state index in [2.05, 4.69) is 21.7 Å². The number of benzene rings is 1. The van der Waals surface area contributed by atoms with Gasteiger partial charge in [0, 0.05) is 22.7 Å². The van der Waals surface area contributed by atoms with E-state index in [0.29, 0.717) is 13.0 Å². The van der Waals surface area contributed by atoms with E-state index in [4.69, 9.17) is 4.74 Å². The van der Waals surface area contributed by atoms with Crippen LogP contribution in [0.25, 0.3) is 10.6 Å². The number of carbonyl (C=O) groups excluding carboxylic acids is 1. The lowest BCUT2D eigenvalue weighted by molar-refractivity contribution is -0.120. The lowest BCUT2D eigenvalue weighted by Gasteiger charge is -2.11. The largest absolute Gasteiger partial charge is 0.488 e. The first kappa shape index (κ1) is 15.4. The zero-order valence-electron chi connectivity index (χ0n) is 12.9. The average Bonchev–Trinajstić information content (AvgIpc) is 3.32. The lowest BCUT2D eigenvalue weighted by Crippen LogP contribution is -2.35. The molecule has 1 aliphatic heterocycles. The van der Waals surface area contributed by atoms with Crippen molar-refractivity contribution in [3.63, 3.8) is 0 Å². The summed E-state index contributed by atoms with van der Waals surface area (Å²) in [6.45, 7) is 0.523. The van der Waals surface area contributed by atoms with Gasteiger partial charge in [-0.15, -0.1) is 11.3 Å². The molecule has 1 aliphatic rings. The second kappa shape index (κ2) is 6.75. The molecule has 3 heterocycles. The minimum atomic E-state index is -0.0169. The van der Waals surface area contributed by atoms with Gasteiger partial charge < -0.3 is 10.1 Å². The predicted octanol–water partition coefficient (Wildman–Crippen LogP) is 3.53. The van der Waals surface area contributed by atoms with Crippen LogP contribution in [-0.4, -0.2) is 23.5 Å². The smallest absolute Gasteiger partial charge is 0.226 e. The van der Waals surface area contributed by atoms with Crippen molar-refractivity contribution < 1.29 is 9.53 Å². The summed E-state index contributed by atoms with van der Waals surface area (Å²) in [6.07, 6.45) is 1.17. The van der Waals surface area contributed by atoms with Crippen molar-refractivity contribution in [3.8, 4) is 16.3 Å². The van der Waals surface area contributed by atoms with Crippen molar-refractivity contribution in [2.75, 3.05) is 6.54 Å². The third-order valence-electron chi connectivity index (χ3n) is 3.90. The Morgan fingerprint density at radius 2 is 2.21 bits per heavy atom. The minimum absolute atomic E-state index is 0.0168. The number of aromatic nitrogens is 1. The maximum atomic E-state index is 12.1. The molecule has 4 rings (SSSR count). The van der Waals surface area contributed by atoms with E-state index in [-0.39, 0.29) is 12.0 Å². The van der Waals surface area contributed by atoms with Crippen molar-refractivity contribution >= 4 is 28.6 Å². The molecule has 1 unspecified atom stereocenters. The Bertz CT molecular complexity index is 817. The molecule has 2 aromatic heterocycles. The number of ether oxygens (including phenoxy) is 1. The summed E-state index contributed by atoms with van der Waals surface area (Å²) < 4.78 is 5.83. The molecular weight excluding hydrogens is 340 g/mol. The number of hydrogen-bond acceptors (Lipinski definition) is 5. The Morgan fingerprint density at radius 1 is 1.29 bits per heavy atom. The topological polar surface area (TPSA) is 51.2 Å². The van der Waals surface area contributed by atoms with Gasteiger partial charge in [0.05, 0.1) is 18.7 Å². The fourth-order valence-electron chi connectivity index (χ4n) is 2.73. The van der Waals surface area contributed by atoms with E-state index < -0.39 is 0 Å². The van der Waals surface area contributed by atoms with Gasteiger partial charge in [-0.3, -0.25) is 4.79 Å². The second-order valence-electron chi connectivity index (χ2n) is 5.69. The number of thiophene rings is 1. The summed E-state index contributed by atoms with van der Waals surface area (Å²) >= 11 is 3.22. The number of carbonyl (C=O) groups is 1. The summed E-state index contributed by atoms with van der Waals surface area (Å²) in [5.41, 5.74) is 3.14. The summed E-state index contributed by atoms with van der Waals surface area (Å²) in [6, 6.07) is 10.1. The number of hydrogen-bond donors (Lipinski definition) is 1. The fraction of sp³-hybridized carbons (Fsp3) is 0.222. The quantitative estimate of drug-likeness (QED) is 0.761. The number of nitrogens with one attached hydrogen (secondary N) is 1. The Kier molecular flexibility index (Phi) is 4.32. The van der Waals surface area contributed by atoms with Gasteiger partial charge in [0.2, 0.25) is 5.91 Å². The molecule has 0 aliphatic carbocycles. The fourth-order valence-corrected chi connectivity index (χ4v) is 4.26. The molecule has 0 spiro atoms. The highest BCUT2D eigenvalue weighted by molar-refractivity contribution is 7.14. The number of nitrogens with zero attached hydrogens (tertiary/aromatic N) is 1. The van der Waals surface area contributed by atoms with Crippen LogP contribution in [0.1, 0.15) is 11.3 Å². The van der Waals surface area contributed by atoms with Crippen LogP contribution in [0.4, 0.5) is 0 Å². The lowest BCUT2D eigenvalue weighted by atomic mass is 10.1. The minimum Gasteiger partial charge on any atom is -0.488 e. The molecule has 4 nitrogen and oxygen atoms in total. The van der Waals surface area contributed by atoms with Crippen molar-refractivity contribution in [2.45, 2.75) is 18.9 Å². The standard InChI is InChI=1S/C18H16N2O2S2/c21-17(8-14-11-24-18(20-14)13-5-6-23-10-13)19-9-15-7-12-3-1-2-4-16(12)22-15/h1-6,10-11,15H,7-9H2,(H,19,21). The summed E-state index contributed by atoms with van der Waals surface area (Å²) in [7, 11) is 0. The second-order valence-corrected chi connectivity index (χ2v) is 7.33. The zero-order valence-corrected chi connectivity index (χ0v) is 14.5. The van der Waals surface area contributed by atoms with Crippen molar-refractivity contribution in [1.29, 1.82) is 0 Å². The highest BCUT2D eigenvalue weighted by atomic mass is 32.1. The van der Waals surface area contributed by atoms with Gasteiger partial charge in [-0.1, -0.05) is 18.2 Å². The predicted molar refractivity (Wildman–Crippen MR) is 96.7 cm³/mol. The SMILES string of the molecule is O=C(Cc1csc(-c2ccsc2)n1)NCC1Cc2ccccc2O1. The highest BCUT2D eigenvalue weighted by Crippen LogP contribution is 2.28. The van der Waals surface area contributed by atoms with Gasteiger partial charge in [0.1, 0.15) is 16.9 Å². The first-order chi connectivity index (χ1) is 11.8. The molecule has 6 heteroatoms. The van der Waals surface area contributed by atoms with Crippen molar-refractivity contribution in [2.24, 2.45) is 0 Å². The molecule has 1 amide bonds. The summed E-state index contributed by atoms with van der Waals surface area (Å²) in [5, 5.41) is 9.97. The van der Waals surface area contributed by atoms with Gasteiger partial charge in [0.15, 0.2) is 0 Å². The van der Waals surface area contributed by atoms with Crippen LogP contribution >= 0.6 is 22.7 Å². The van der Waals surface area contributed by atoms with E-state index in [1.807, 2.05) is 35.0 Å². The Labute approximate surface area is 148 Å². The van der Waals surface area contributed by atoms with Crippen LogP contribution in [0.5, 0.6) is 5.75 Å². The third-order valence-corrected chi connectivity index (χ3v) is 5.53. The van der Waals surface area contributed by atoms with Crippen LogP contribution in [0.15, 0.2) is 46.5 Å². The molecule has 1 atom stereocenters. The van der Waals surface area contributed by atoms with E-state index in [0.717, 1.165) is 28.4 Å². The summed E-state index contributed by atoms with van der Waals surface area (Å²) in [4.78, 5) is 16.7. The zero-order chi connectivity index (χ0) is 16.4. The van der Waals surface area contributed by atoms with E-state index in [1.165, 1.54) is 5.56 Å². The Hall–Kier alpha value is -2.18. The molecule has 0 saturated heterocycles. The molecular formula is C18H16N2O2S2. The molecule has 24 heavy (non-hydrogen) atoms. The van der Waals surface area contributed by atoms with Crippen LogP contribution < -0.4 is 10.1 Å². The number of rotatable bonds is 5. The Balaban J connectivity index is 1.29. The van der Waals surface area contributed by atoms with E-state index >= 15 is 0 Å². The summed E-state index contributed by atoms with van der Waals surface area (Å²) in [5.74, 6) is 0.911. The molecule has 0 bridgehead atoms. The van der Waals surface area contributed by atoms with Crippen LogP contribution in [0.3, 0.4) is 0 Å². The molecule has 3 aromatic rings. The average molecular weight is 356 g/mol. The van der Waals surface area contributed by atoms with Gasteiger partial charge in [0.25, 0.3) is 0 Å². The van der Waals surface area contributed by atoms with Crippen LogP contribution in [0.2, 0.25) is 0 Å². The van der Waals surface area contributed by atoms with Crippen molar-refractivity contribution in [1.82, 2.24) is 10.3 Å². The number of amides is 1. The monoisotopic (exact) mass is 356 g/mol. The number of para-hydroxylation sites is 1. The maximum Gasteiger partial charge on any atom is 0.226 e. The number of thiazole rings is 1. The number of fused-ring (bicyclic) bond motifs is 1. The van der Waals surface area contributed by atoms with Gasteiger partial charge >= 0.3 is 0 Å². The van der Waals surface area contributed by atoms with Crippen LogP contribution in [-0.2, 0) is 17.6 Å². The van der Waals surface area contributed by atoms with E-state index in [9.17, 15) is 4.79 Å². The van der Waals surface area contributed by atoms with Gasteiger partial charge in [-0.2, -0.15) is 11.3 Å². The first-order valence-corrected chi connectivity index (χ1v) is 9.58. The molecule has 122 valence electrons. The van der Waals surface area contributed by atoms with E-state index in [1.54, 1.807) is 22.7 Å². The first-order valence-electron chi connectivity index (χ1n) is 7.76.